The van der Waals surface area contributed by atoms with Crippen LogP contribution in [0.15, 0.2) is 30.3 Å². The number of fused-ring (bicyclic) bond motifs is 1. The fraction of sp³-hybridized carbons (Fsp3) is 0.346. The van der Waals surface area contributed by atoms with E-state index in [1.165, 1.54) is 18.4 Å². The highest BCUT2D eigenvalue weighted by Crippen LogP contribution is 2.42. The number of amides is 2. The van der Waals surface area contributed by atoms with E-state index in [1.807, 2.05) is 30.3 Å². The topological polar surface area (TPSA) is 114 Å². The SMILES string of the molecule is COC(=O)c1c(NC(=O)c2sc(Nc3ccccc3)c(C(=O)N3CCCCC3)c2N)sc2c1CCC2. The summed E-state index contributed by atoms with van der Waals surface area (Å²) < 4.78 is 4.99. The number of nitrogens with zero attached hydrogens (tertiary/aromatic N) is 1. The van der Waals surface area contributed by atoms with Gasteiger partial charge in [0, 0.05) is 23.7 Å². The van der Waals surface area contributed by atoms with E-state index in [9.17, 15) is 14.4 Å². The van der Waals surface area contributed by atoms with Gasteiger partial charge in [-0.25, -0.2) is 4.79 Å². The molecule has 0 radical (unpaired) electrons. The summed E-state index contributed by atoms with van der Waals surface area (Å²) >= 11 is 2.55. The standard InChI is InChI=1S/C26H28N4O4S2/c1-34-26(33)18-16-11-8-12-17(16)35-23(18)29-22(31)21-20(27)19(25(32)30-13-6-3-7-14-30)24(36-21)28-15-9-4-2-5-10-15/h2,4-5,9-10,28H,3,6-8,11-14,27H2,1H3,(H,29,31). The summed E-state index contributed by atoms with van der Waals surface area (Å²) in [5.74, 6) is -1.08. The smallest absolute Gasteiger partial charge is 0.341 e. The Morgan fingerprint density at radius 1 is 0.944 bits per heavy atom. The number of carbonyl (C=O) groups excluding carboxylic acids is 3. The van der Waals surface area contributed by atoms with Gasteiger partial charge in [0.25, 0.3) is 11.8 Å². The number of nitrogen functional groups attached to an aromatic ring is 1. The maximum atomic E-state index is 13.5. The van der Waals surface area contributed by atoms with Gasteiger partial charge >= 0.3 is 5.97 Å². The molecule has 4 N–H and O–H groups in total. The third-order valence-corrected chi connectivity index (χ3v) is 8.91. The summed E-state index contributed by atoms with van der Waals surface area (Å²) in [6, 6.07) is 9.47. The lowest BCUT2D eigenvalue weighted by atomic mass is 10.1. The minimum absolute atomic E-state index is 0.148. The van der Waals surface area contributed by atoms with Gasteiger partial charge in [0.05, 0.1) is 23.9 Å². The number of para-hydroxylation sites is 1. The number of ether oxygens (including phenoxy) is 1. The maximum Gasteiger partial charge on any atom is 0.341 e. The fourth-order valence-electron chi connectivity index (χ4n) is 4.79. The molecule has 8 nitrogen and oxygen atoms in total. The van der Waals surface area contributed by atoms with E-state index >= 15 is 0 Å². The van der Waals surface area contributed by atoms with Gasteiger partial charge in [0.15, 0.2) is 0 Å². The highest BCUT2D eigenvalue weighted by atomic mass is 32.1. The number of piperidine rings is 1. The first-order valence-corrected chi connectivity index (χ1v) is 13.7. The zero-order valence-electron chi connectivity index (χ0n) is 20.0. The first-order valence-electron chi connectivity index (χ1n) is 12.1. The van der Waals surface area contributed by atoms with E-state index in [0.717, 1.165) is 66.0 Å². The quantitative estimate of drug-likeness (QED) is 0.378. The minimum Gasteiger partial charge on any atom is -0.465 e. The first kappa shape index (κ1) is 24.3. The third kappa shape index (κ3) is 4.58. The van der Waals surface area contributed by atoms with Gasteiger partial charge < -0.3 is 26.0 Å². The van der Waals surface area contributed by atoms with E-state index < -0.39 is 11.9 Å². The summed E-state index contributed by atoms with van der Waals surface area (Å²) in [7, 11) is 1.34. The van der Waals surface area contributed by atoms with Crippen LogP contribution in [0, 0.1) is 0 Å². The van der Waals surface area contributed by atoms with Crippen LogP contribution in [0.1, 0.15) is 66.5 Å². The molecule has 188 valence electrons. The molecule has 5 rings (SSSR count). The number of thiophene rings is 2. The van der Waals surface area contributed by atoms with E-state index in [4.69, 9.17) is 10.5 Å². The highest BCUT2D eigenvalue weighted by molar-refractivity contribution is 7.20. The molecule has 2 amide bonds. The lowest BCUT2D eigenvalue weighted by molar-refractivity contribution is 0.0601. The number of anilines is 4. The molecule has 1 aromatic carbocycles. The van der Waals surface area contributed by atoms with E-state index in [-0.39, 0.29) is 16.5 Å². The number of hydrogen-bond acceptors (Lipinski definition) is 8. The van der Waals surface area contributed by atoms with Crippen LogP contribution in [-0.4, -0.2) is 42.9 Å². The number of carbonyl (C=O) groups is 3. The van der Waals surface area contributed by atoms with Gasteiger partial charge in [-0.3, -0.25) is 9.59 Å². The van der Waals surface area contributed by atoms with Crippen molar-refractivity contribution in [3.8, 4) is 0 Å². The van der Waals surface area contributed by atoms with Crippen LogP contribution < -0.4 is 16.4 Å². The van der Waals surface area contributed by atoms with Crippen LogP contribution in [-0.2, 0) is 17.6 Å². The number of hydrogen-bond donors (Lipinski definition) is 3. The molecule has 3 aromatic rings. The predicted octanol–water partition coefficient (Wildman–Crippen LogP) is 5.29. The molecule has 0 atom stereocenters. The zero-order chi connectivity index (χ0) is 25.2. The molecule has 2 aromatic heterocycles. The van der Waals surface area contributed by atoms with Crippen molar-refractivity contribution in [1.29, 1.82) is 0 Å². The molecule has 1 saturated heterocycles. The summed E-state index contributed by atoms with van der Waals surface area (Å²) in [6.45, 7) is 1.34. The van der Waals surface area contributed by atoms with Crippen molar-refractivity contribution in [1.82, 2.24) is 4.90 Å². The van der Waals surface area contributed by atoms with Gasteiger partial charge in [-0.2, -0.15) is 0 Å². The molecule has 3 heterocycles. The van der Waals surface area contributed by atoms with Crippen LogP contribution in [0.2, 0.25) is 0 Å². The molecule has 36 heavy (non-hydrogen) atoms. The average Bonchev–Trinajstić information content (AvgIpc) is 3.57. The van der Waals surface area contributed by atoms with Crippen LogP contribution in [0.3, 0.4) is 0 Å². The lowest BCUT2D eigenvalue weighted by Crippen LogP contribution is -2.36. The molecule has 1 fully saturated rings. The normalized spacial score (nSPS) is 14.9. The number of methoxy groups -OCH3 is 1. The maximum absolute atomic E-state index is 13.5. The van der Waals surface area contributed by atoms with Crippen molar-refractivity contribution in [2.75, 3.05) is 36.6 Å². The molecule has 0 bridgehead atoms. The van der Waals surface area contributed by atoms with Crippen LogP contribution >= 0.6 is 22.7 Å². The Hall–Kier alpha value is -3.37. The highest BCUT2D eigenvalue weighted by Gasteiger charge is 2.32. The Morgan fingerprint density at radius 2 is 1.69 bits per heavy atom. The Labute approximate surface area is 217 Å². The lowest BCUT2D eigenvalue weighted by Gasteiger charge is -2.27. The van der Waals surface area contributed by atoms with Crippen molar-refractivity contribution in [2.24, 2.45) is 0 Å². The number of likely N-dealkylation sites (tertiary alicyclic amines) is 1. The van der Waals surface area contributed by atoms with Crippen molar-refractivity contribution in [3.63, 3.8) is 0 Å². The summed E-state index contributed by atoms with van der Waals surface area (Å²) in [5, 5.41) is 7.17. The second kappa shape index (κ2) is 10.3. The van der Waals surface area contributed by atoms with Crippen molar-refractivity contribution >= 4 is 61.8 Å². The third-order valence-electron chi connectivity index (χ3n) is 6.58. The Kier molecular flexibility index (Phi) is 6.97. The molecule has 1 aliphatic carbocycles. The van der Waals surface area contributed by atoms with Gasteiger partial charge in [-0.05, 0) is 56.2 Å². The van der Waals surface area contributed by atoms with Crippen molar-refractivity contribution in [3.05, 3.63) is 56.8 Å². The number of aryl methyl sites for hydroxylation is 1. The molecule has 0 saturated carbocycles. The van der Waals surface area contributed by atoms with Gasteiger partial charge in [0.2, 0.25) is 0 Å². The van der Waals surface area contributed by atoms with E-state index in [1.54, 1.807) is 4.90 Å². The zero-order valence-corrected chi connectivity index (χ0v) is 21.7. The largest absolute Gasteiger partial charge is 0.465 e. The number of nitrogens with two attached hydrogens (primary N) is 1. The minimum atomic E-state index is -0.462. The summed E-state index contributed by atoms with van der Waals surface area (Å²) in [6.07, 6.45) is 5.63. The average molecular weight is 525 g/mol. The van der Waals surface area contributed by atoms with Crippen molar-refractivity contribution < 1.29 is 19.1 Å². The molecule has 1 aliphatic heterocycles. The number of benzene rings is 1. The molecular formula is C26H28N4O4S2. The second-order valence-electron chi connectivity index (χ2n) is 8.90. The monoisotopic (exact) mass is 524 g/mol. The first-order chi connectivity index (χ1) is 17.5. The number of rotatable bonds is 6. The molecule has 2 aliphatic rings. The van der Waals surface area contributed by atoms with Gasteiger partial charge in [-0.15, -0.1) is 22.7 Å². The molecule has 0 spiro atoms. The van der Waals surface area contributed by atoms with Crippen LogP contribution in [0.4, 0.5) is 21.4 Å². The molecule has 0 unspecified atom stereocenters. The Balaban J connectivity index is 1.50. The summed E-state index contributed by atoms with van der Waals surface area (Å²) in [4.78, 5) is 42.6. The number of nitrogens with one attached hydrogen (secondary N) is 2. The van der Waals surface area contributed by atoms with Crippen molar-refractivity contribution in [2.45, 2.75) is 38.5 Å². The Morgan fingerprint density at radius 3 is 2.42 bits per heavy atom. The fourth-order valence-corrected chi connectivity index (χ4v) is 7.09. The molecule has 10 heteroatoms. The predicted molar refractivity (Wildman–Crippen MR) is 144 cm³/mol. The van der Waals surface area contributed by atoms with Crippen LogP contribution in [0.5, 0.6) is 0 Å². The van der Waals surface area contributed by atoms with Gasteiger partial charge in [0.1, 0.15) is 14.9 Å². The van der Waals surface area contributed by atoms with E-state index in [0.29, 0.717) is 34.2 Å². The van der Waals surface area contributed by atoms with E-state index in [2.05, 4.69) is 10.6 Å². The Bertz CT molecular complexity index is 1310. The second-order valence-corrected chi connectivity index (χ2v) is 11.0. The number of esters is 1. The van der Waals surface area contributed by atoms with Gasteiger partial charge in [-0.1, -0.05) is 18.2 Å². The summed E-state index contributed by atoms with van der Waals surface area (Å²) in [5.41, 5.74) is 9.12. The molecular weight excluding hydrogens is 496 g/mol. The van der Waals surface area contributed by atoms with Crippen LogP contribution in [0.25, 0.3) is 0 Å².